The van der Waals surface area contributed by atoms with Gasteiger partial charge in [0.05, 0.1) is 6.04 Å². The maximum absolute atomic E-state index is 12.1. The predicted octanol–water partition coefficient (Wildman–Crippen LogP) is 1.90. The van der Waals surface area contributed by atoms with Gasteiger partial charge in [0.2, 0.25) is 5.91 Å². The number of carbonyl (C=O) groups is 1. The van der Waals surface area contributed by atoms with Crippen LogP contribution < -0.4 is 5.73 Å². The summed E-state index contributed by atoms with van der Waals surface area (Å²) in [6.07, 6.45) is 5.45. The number of hydrogen-bond acceptors (Lipinski definition) is 3. The summed E-state index contributed by atoms with van der Waals surface area (Å²) >= 11 is 0. The highest BCUT2D eigenvalue weighted by atomic mass is 35.5. The molecule has 0 aromatic carbocycles. The Morgan fingerprint density at radius 1 is 1.05 bits per heavy atom. The molecular formula is C14H29Cl2N3O. The summed E-state index contributed by atoms with van der Waals surface area (Å²) < 4.78 is 0. The molecule has 1 saturated heterocycles. The van der Waals surface area contributed by atoms with Crippen LogP contribution in [0.3, 0.4) is 0 Å². The van der Waals surface area contributed by atoms with Crippen molar-refractivity contribution in [1.82, 2.24) is 9.80 Å². The van der Waals surface area contributed by atoms with Crippen molar-refractivity contribution < 1.29 is 4.79 Å². The monoisotopic (exact) mass is 325 g/mol. The summed E-state index contributed by atoms with van der Waals surface area (Å²) in [6, 6.07) is 0.448. The lowest BCUT2D eigenvalue weighted by Crippen LogP contribution is -2.55. The Hall–Kier alpha value is -0.0300. The zero-order valence-corrected chi connectivity index (χ0v) is 14.2. The van der Waals surface area contributed by atoms with E-state index in [4.69, 9.17) is 5.73 Å². The lowest BCUT2D eigenvalue weighted by atomic mass is 10.0. The van der Waals surface area contributed by atoms with Crippen LogP contribution in [0.5, 0.6) is 0 Å². The smallest absolute Gasteiger partial charge is 0.239 e. The van der Waals surface area contributed by atoms with E-state index in [0.29, 0.717) is 0 Å². The molecule has 0 aromatic rings. The lowest BCUT2D eigenvalue weighted by molar-refractivity contribution is -0.135. The minimum absolute atomic E-state index is 0. The summed E-state index contributed by atoms with van der Waals surface area (Å²) in [7, 11) is 0. The van der Waals surface area contributed by atoms with Crippen LogP contribution in [0.1, 0.15) is 39.5 Å². The second kappa shape index (κ2) is 9.08. The van der Waals surface area contributed by atoms with E-state index in [0.717, 1.165) is 32.2 Å². The molecule has 1 atom stereocenters. The maximum atomic E-state index is 12.1. The largest absolute Gasteiger partial charge is 0.339 e. The van der Waals surface area contributed by atoms with Gasteiger partial charge < -0.3 is 10.6 Å². The SMILES string of the molecule is CC(C)[C@@H](N)C(=O)N1CCN(C2CCCC2)CC1.Cl.Cl. The zero-order valence-electron chi connectivity index (χ0n) is 12.6. The van der Waals surface area contributed by atoms with E-state index in [1.54, 1.807) is 0 Å². The van der Waals surface area contributed by atoms with Crippen molar-refractivity contribution >= 4 is 30.7 Å². The molecule has 1 aliphatic carbocycles. The molecule has 2 rings (SSSR count). The van der Waals surface area contributed by atoms with Gasteiger partial charge in [0, 0.05) is 32.2 Å². The van der Waals surface area contributed by atoms with Gasteiger partial charge in [0.15, 0.2) is 0 Å². The van der Waals surface area contributed by atoms with Gasteiger partial charge in [-0.25, -0.2) is 0 Å². The van der Waals surface area contributed by atoms with Crippen LogP contribution in [0.15, 0.2) is 0 Å². The molecule has 1 aliphatic heterocycles. The van der Waals surface area contributed by atoms with Crippen molar-refractivity contribution in [1.29, 1.82) is 0 Å². The Kier molecular flexibility index (Phi) is 9.07. The van der Waals surface area contributed by atoms with Gasteiger partial charge in [-0.3, -0.25) is 9.69 Å². The van der Waals surface area contributed by atoms with E-state index in [2.05, 4.69) is 4.90 Å². The molecule has 1 amide bonds. The van der Waals surface area contributed by atoms with Gasteiger partial charge in [0.25, 0.3) is 0 Å². The molecular weight excluding hydrogens is 297 g/mol. The van der Waals surface area contributed by atoms with Crippen molar-refractivity contribution in [3.63, 3.8) is 0 Å². The predicted molar refractivity (Wildman–Crippen MR) is 87.7 cm³/mol. The third-order valence-electron chi connectivity index (χ3n) is 4.47. The quantitative estimate of drug-likeness (QED) is 0.862. The highest BCUT2D eigenvalue weighted by molar-refractivity contribution is 5.85. The van der Waals surface area contributed by atoms with Crippen LogP contribution in [-0.2, 0) is 4.79 Å². The molecule has 0 spiro atoms. The van der Waals surface area contributed by atoms with Crippen LogP contribution in [0.2, 0.25) is 0 Å². The van der Waals surface area contributed by atoms with Gasteiger partial charge in [0.1, 0.15) is 0 Å². The first-order valence-electron chi connectivity index (χ1n) is 7.38. The third kappa shape index (κ3) is 4.76. The average molecular weight is 326 g/mol. The number of nitrogens with two attached hydrogens (primary N) is 1. The first-order chi connectivity index (χ1) is 8.59. The molecule has 0 unspecified atom stereocenters. The van der Waals surface area contributed by atoms with E-state index in [1.807, 2.05) is 18.7 Å². The molecule has 4 nitrogen and oxygen atoms in total. The number of piperazine rings is 1. The van der Waals surface area contributed by atoms with Crippen molar-refractivity contribution in [3.8, 4) is 0 Å². The second-order valence-electron chi connectivity index (χ2n) is 6.07. The molecule has 120 valence electrons. The van der Waals surface area contributed by atoms with E-state index in [-0.39, 0.29) is 42.7 Å². The molecule has 1 heterocycles. The van der Waals surface area contributed by atoms with Crippen LogP contribution in [0.4, 0.5) is 0 Å². The number of nitrogens with zero attached hydrogens (tertiary/aromatic N) is 2. The first-order valence-corrected chi connectivity index (χ1v) is 7.38. The standard InChI is InChI=1S/C14H27N3O.2ClH/c1-11(2)13(15)14(18)17-9-7-16(8-10-17)12-5-3-4-6-12;;/h11-13H,3-10,15H2,1-2H3;2*1H/t13-;;/m1../s1. The summed E-state index contributed by atoms with van der Waals surface area (Å²) in [4.78, 5) is 16.7. The van der Waals surface area contributed by atoms with Crippen LogP contribution in [0, 0.1) is 5.92 Å². The van der Waals surface area contributed by atoms with Crippen molar-refractivity contribution in [2.45, 2.75) is 51.6 Å². The average Bonchev–Trinajstić information content (AvgIpc) is 2.91. The molecule has 0 radical (unpaired) electrons. The molecule has 20 heavy (non-hydrogen) atoms. The van der Waals surface area contributed by atoms with Crippen molar-refractivity contribution in [3.05, 3.63) is 0 Å². The highest BCUT2D eigenvalue weighted by Gasteiger charge is 2.30. The minimum Gasteiger partial charge on any atom is -0.339 e. The highest BCUT2D eigenvalue weighted by Crippen LogP contribution is 2.24. The number of halogens is 2. The zero-order chi connectivity index (χ0) is 13.1. The molecule has 0 aromatic heterocycles. The summed E-state index contributed by atoms with van der Waals surface area (Å²) in [5, 5.41) is 0. The number of rotatable bonds is 3. The normalized spacial score (nSPS) is 22.3. The van der Waals surface area contributed by atoms with Gasteiger partial charge in [-0.05, 0) is 18.8 Å². The molecule has 0 bridgehead atoms. The Bertz CT molecular complexity index is 288. The maximum Gasteiger partial charge on any atom is 0.239 e. The van der Waals surface area contributed by atoms with Crippen molar-refractivity contribution in [2.75, 3.05) is 26.2 Å². The summed E-state index contributed by atoms with van der Waals surface area (Å²) in [5.41, 5.74) is 5.94. The third-order valence-corrected chi connectivity index (χ3v) is 4.47. The molecule has 2 aliphatic rings. The van der Waals surface area contributed by atoms with E-state index in [1.165, 1.54) is 25.7 Å². The Morgan fingerprint density at radius 2 is 1.55 bits per heavy atom. The van der Waals surface area contributed by atoms with E-state index < -0.39 is 0 Å². The number of amides is 1. The van der Waals surface area contributed by atoms with Gasteiger partial charge >= 0.3 is 0 Å². The molecule has 6 heteroatoms. The number of carbonyl (C=O) groups excluding carboxylic acids is 1. The fraction of sp³-hybridized carbons (Fsp3) is 0.929. The second-order valence-corrected chi connectivity index (χ2v) is 6.07. The minimum atomic E-state index is -0.331. The number of hydrogen-bond donors (Lipinski definition) is 1. The van der Waals surface area contributed by atoms with Gasteiger partial charge in [-0.2, -0.15) is 0 Å². The molecule has 2 fully saturated rings. The van der Waals surface area contributed by atoms with Gasteiger partial charge in [-0.15, -0.1) is 24.8 Å². The van der Waals surface area contributed by atoms with E-state index >= 15 is 0 Å². The first kappa shape index (κ1) is 20.0. The van der Waals surface area contributed by atoms with Gasteiger partial charge in [-0.1, -0.05) is 26.7 Å². The van der Waals surface area contributed by atoms with E-state index in [9.17, 15) is 4.79 Å². The Balaban J connectivity index is 0.00000180. The van der Waals surface area contributed by atoms with Crippen LogP contribution >= 0.6 is 24.8 Å². The van der Waals surface area contributed by atoms with Crippen molar-refractivity contribution in [2.24, 2.45) is 11.7 Å². The molecule has 2 N–H and O–H groups in total. The molecule has 1 saturated carbocycles. The van der Waals surface area contributed by atoms with Crippen LogP contribution in [-0.4, -0.2) is 54.0 Å². The Labute approximate surface area is 135 Å². The fourth-order valence-electron chi connectivity index (χ4n) is 3.07. The topological polar surface area (TPSA) is 49.6 Å². The summed E-state index contributed by atoms with van der Waals surface area (Å²) in [6.45, 7) is 7.79. The lowest BCUT2D eigenvalue weighted by Gasteiger charge is -2.39. The Morgan fingerprint density at radius 3 is 2.00 bits per heavy atom. The van der Waals surface area contributed by atoms with Crippen LogP contribution in [0.25, 0.3) is 0 Å². The fourth-order valence-corrected chi connectivity index (χ4v) is 3.07. The summed E-state index contributed by atoms with van der Waals surface area (Å²) in [5.74, 6) is 0.362.